The second kappa shape index (κ2) is 10.8. The topological polar surface area (TPSA) is 60.7 Å². The summed E-state index contributed by atoms with van der Waals surface area (Å²) >= 11 is 6.46. The fourth-order valence-corrected chi connectivity index (χ4v) is 5.39. The number of rotatable bonds is 7. The first-order valence-electron chi connectivity index (χ1n) is 13.3. The Morgan fingerprint density at radius 3 is 2.49 bits per heavy atom. The Hall–Kier alpha value is -3.70. The van der Waals surface area contributed by atoms with Crippen molar-refractivity contribution in [1.82, 2.24) is 5.32 Å². The molecular weight excluding hydrogens is 510 g/mol. The predicted molar refractivity (Wildman–Crippen MR) is 154 cm³/mol. The Labute approximate surface area is 235 Å². The van der Waals surface area contributed by atoms with Gasteiger partial charge in [0.15, 0.2) is 5.76 Å². The molecule has 0 aliphatic carbocycles. The zero-order valence-corrected chi connectivity index (χ0v) is 23.9. The summed E-state index contributed by atoms with van der Waals surface area (Å²) in [6.07, 6.45) is 2.59. The number of hydrogen-bond donors (Lipinski definition) is 1. The number of ether oxygens (including phenoxy) is 2. The number of furan rings is 1. The zero-order valence-electron chi connectivity index (χ0n) is 23.1. The van der Waals surface area contributed by atoms with Crippen molar-refractivity contribution < 1.29 is 18.7 Å². The normalized spacial score (nSPS) is 13.9. The largest absolute Gasteiger partial charge is 0.487 e. The molecule has 4 aromatic rings. The highest BCUT2D eigenvalue weighted by Gasteiger charge is 2.31. The molecule has 0 fully saturated rings. The SMILES string of the molecule is Cc1c(C)c2c(c(C)c1Cc1ccc(C(=O)NCc3c(Cl)cccc3Oc3ccccc3)o1)CCC(C)(C)O2. The van der Waals surface area contributed by atoms with Crippen molar-refractivity contribution in [3.05, 3.63) is 111 Å². The van der Waals surface area contributed by atoms with Gasteiger partial charge in [0.25, 0.3) is 5.91 Å². The molecule has 1 N–H and O–H groups in total. The maximum atomic E-state index is 13.0. The number of para-hydroxylation sites is 1. The van der Waals surface area contributed by atoms with Gasteiger partial charge in [-0.05, 0) is 112 Å². The van der Waals surface area contributed by atoms with Gasteiger partial charge in [0.1, 0.15) is 28.6 Å². The van der Waals surface area contributed by atoms with Crippen molar-refractivity contribution in [3.8, 4) is 17.2 Å². The minimum atomic E-state index is -0.308. The molecule has 0 radical (unpaired) electrons. The van der Waals surface area contributed by atoms with Gasteiger partial charge in [-0.2, -0.15) is 0 Å². The quantitative estimate of drug-likeness (QED) is 0.255. The molecule has 0 bridgehead atoms. The Morgan fingerprint density at radius 1 is 0.949 bits per heavy atom. The van der Waals surface area contributed by atoms with Gasteiger partial charge in [0.05, 0.1) is 0 Å². The van der Waals surface area contributed by atoms with E-state index >= 15 is 0 Å². The van der Waals surface area contributed by atoms with E-state index in [1.807, 2.05) is 48.5 Å². The van der Waals surface area contributed by atoms with Crippen LogP contribution in [-0.4, -0.2) is 11.5 Å². The van der Waals surface area contributed by atoms with E-state index in [0.717, 1.165) is 24.4 Å². The molecule has 1 amide bonds. The molecule has 0 unspecified atom stereocenters. The first-order valence-corrected chi connectivity index (χ1v) is 13.7. The summed E-state index contributed by atoms with van der Waals surface area (Å²) in [6.45, 7) is 10.9. The van der Waals surface area contributed by atoms with Crippen LogP contribution in [0.1, 0.15) is 70.0 Å². The summed E-state index contributed by atoms with van der Waals surface area (Å²) in [7, 11) is 0. The average molecular weight is 544 g/mol. The molecule has 0 saturated carbocycles. The maximum absolute atomic E-state index is 13.0. The van der Waals surface area contributed by atoms with Crippen LogP contribution in [-0.2, 0) is 19.4 Å². The van der Waals surface area contributed by atoms with Crippen molar-refractivity contribution in [2.75, 3.05) is 0 Å². The van der Waals surface area contributed by atoms with Gasteiger partial charge < -0.3 is 19.2 Å². The number of fused-ring (bicyclic) bond motifs is 1. The van der Waals surface area contributed by atoms with Gasteiger partial charge in [-0.3, -0.25) is 4.79 Å². The number of amides is 1. The van der Waals surface area contributed by atoms with Crippen LogP contribution in [0.15, 0.2) is 65.1 Å². The number of hydrogen-bond acceptors (Lipinski definition) is 4. The number of carbonyl (C=O) groups is 1. The van der Waals surface area contributed by atoms with Crippen LogP contribution in [0.3, 0.4) is 0 Å². The van der Waals surface area contributed by atoms with Crippen molar-refractivity contribution in [3.63, 3.8) is 0 Å². The second-order valence-corrected chi connectivity index (χ2v) is 11.2. The highest BCUT2D eigenvalue weighted by molar-refractivity contribution is 6.31. The van der Waals surface area contributed by atoms with E-state index in [1.54, 1.807) is 12.1 Å². The molecule has 0 saturated heterocycles. The van der Waals surface area contributed by atoms with Crippen LogP contribution < -0.4 is 14.8 Å². The number of benzene rings is 3. The monoisotopic (exact) mass is 543 g/mol. The third-order valence-corrected chi connectivity index (χ3v) is 7.95. The van der Waals surface area contributed by atoms with Crippen LogP contribution >= 0.6 is 11.6 Å². The van der Waals surface area contributed by atoms with Crippen molar-refractivity contribution >= 4 is 17.5 Å². The molecule has 39 heavy (non-hydrogen) atoms. The molecule has 0 spiro atoms. The lowest BCUT2D eigenvalue weighted by molar-refractivity contribution is 0.0833. The number of carbonyl (C=O) groups excluding carboxylic acids is 1. The lowest BCUT2D eigenvalue weighted by Gasteiger charge is -2.35. The maximum Gasteiger partial charge on any atom is 0.287 e. The van der Waals surface area contributed by atoms with Crippen LogP contribution in [0.2, 0.25) is 5.02 Å². The molecule has 5 rings (SSSR count). The van der Waals surface area contributed by atoms with Crippen molar-refractivity contribution in [2.24, 2.45) is 0 Å². The fourth-order valence-electron chi connectivity index (χ4n) is 5.16. The molecule has 6 heteroatoms. The first-order chi connectivity index (χ1) is 18.6. The lowest BCUT2D eigenvalue weighted by atomic mass is 9.84. The van der Waals surface area contributed by atoms with Crippen LogP contribution in [0.4, 0.5) is 0 Å². The summed E-state index contributed by atoms with van der Waals surface area (Å²) in [5.41, 5.74) is 6.69. The highest BCUT2D eigenvalue weighted by Crippen LogP contribution is 2.41. The summed E-state index contributed by atoms with van der Waals surface area (Å²) in [5, 5.41) is 3.44. The molecule has 1 aliphatic rings. The smallest absolute Gasteiger partial charge is 0.287 e. The van der Waals surface area contributed by atoms with Gasteiger partial charge in [-0.15, -0.1) is 0 Å². The van der Waals surface area contributed by atoms with E-state index < -0.39 is 0 Å². The Balaban J connectivity index is 1.30. The molecule has 1 aromatic heterocycles. The highest BCUT2D eigenvalue weighted by atomic mass is 35.5. The van der Waals surface area contributed by atoms with Crippen LogP contribution in [0.25, 0.3) is 0 Å². The van der Waals surface area contributed by atoms with Gasteiger partial charge in [0.2, 0.25) is 0 Å². The Kier molecular flexibility index (Phi) is 7.46. The summed E-state index contributed by atoms with van der Waals surface area (Å²) in [4.78, 5) is 13.0. The van der Waals surface area contributed by atoms with Gasteiger partial charge in [-0.1, -0.05) is 35.9 Å². The van der Waals surface area contributed by atoms with Gasteiger partial charge in [-0.25, -0.2) is 0 Å². The number of nitrogens with one attached hydrogen (secondary N) is 1. The Bertz CT molecular complexity index is 1520. The number of halogens is 1. The van der Waals surface area contributed by atoms with Gasteiger partial charge >= 0.3 is 0 Å². The second-order valence-electron chi connectivity index (χ2n) is 10.8. The van der Waals surface area contributed by atoms with Crippen LogP contribution in [0.5, 0.6) is 17.2 Å². The fraction of sp³-hybridized carbons (Fsp3) is 0.303. The summed E-state index contributed by atoms with van der Waals surface area (Å²) in [6, 6.07) is 18.5. The van der Waals surface area contributed by atoms with Gasteiger partial charge in [0, 0.05) is 23.6 Å². The van der Waals surface area contributed by atoms with Crippen molar-refractivity contribution in [2.45, 2.75) is 66.0 Å². The molecule has 2 heterocycles. The molecule has 5 nitrogen and oxygen atoms in total. The van der Waals surface area contributed by atoms with E-state index in [1.165, 1.54) is 27.8 Å². The van der Waals surface area contributed by atoms with E-state index in [9.17, 15) is 4.79 Å². The molecule has 1 aliphatic heterocycles. The third kappa shape index (κ3) is 5.69. The minimum absolute atomic E-state index is 0.153. The van der Waals surface area contributed by atoms with E-state index in [-0.39, 0.29) is 23.8 Å². The Morgan fingerprint density at radius 2 is 1.72 bits per heavy atom. The minimum Gasteiger partial charge on any atom is -0.487 e. The molecular formula is C33H34ClNO4. The zero-order chi connectivity index (χ0) is 27.7. The van der Waals surface area contributed by atoms with E-state index in [0.29, 0.717) is 28.5 Å². The molecule has 202 valence electrons. The molecule has 0 atom stereocenters. The summed E-state index contributed by atoms with van der Waals surface area (Å²) < 4.78 is 18.4. The molecule has 3 aromatic carbocycles. The first kappa shape index (κ1) is 26.9. The van der Waals surface area contributed by atoms with E-state index in [2.05, 4.69) is 39.9 Å². The standard InChI is InChI=1S/C33H34ClNO4/c1-20-21(2)31-25(16-17-33(4,5)39-31)22(3)26(20)18-24-14-15-30(38-24)32(36)35-19-27-28(34)12-9-13-29(27)37-23-10-7-6-8-11-23/h6-15H,16-19H2,1-5H3,(H,35,36). The lowest BCUT2D eigenvalue weighted by Crippen LogP contribution is -2.33. The predicted octanol–water partition coefficient (Wildman–Crippen LogP) is 8.27. The van der Waals surface area contributed by atoms with Crippen molar-refractivity contribution in [1.29, 1.82) is 0 Å². The third-order valence-electron chi connectivity index (χ3n) is 7.60. The summed E-state index contributed by atoms with van der Waals surface area (Å²) in [5.74, 6) is 3.01. The van der Waals surface area contributed by atoms with Crippen LogP contribution in [0, 0.1) is 20.8 Å². The average Bonchev–Trinajstić information content (AvgIpc) is 3.38. The van der Waals surface area contributed by atoms with E-state index in [4.69, 9.17) is 25.5 Å².